The van der Waals surface area contributed by atoms with Gasteiger partial charge in [0.15, 0.2) is 0 Å². The minimum Gasteiger partial charge on any atom is -0.306 e. The zero-order valence-electron chi connectivity index (χ0n) is 10.4. The zero-order chi connectivity index (χ0) is 12.8. The molecule has 96 valence electrons. The molecule has 2 aromatic rings. The topological polar surface area (TPSA) is 42.7 Å². The monoisotopic (exact) mass is 264 g/mol. The van der Waals surface area contributed by atoms with Crippen LogP contribution in [0.25, 0.3) is 0 Å². The average Bonchev–Trinajstić information content (AvgIpc) is 2.81. The Kier molecular flexibility index (Phi) is 4.73. The van der Waals surface area contributed by atoms with Crippen LogP contribution in [0, 0.1) is 0 Å². The molecule has 2 rings (SSSR count). The van der Waals surface area contributed by atoms with Crippen molar-refractivity contribution in [3.05, 3.63) is 48.0 Å². The predicted octanol–water partition coefficient (Wildman–Crippen LogP) is 1.75. The first-order valence-electron chi connectivity index (χ1n) is 5.95. The van der Waals surface area contributed by atoms with E-state index in [4.69, 9.17) is 11.6 Å². The van der Waals surface area contributed by atoms with E-state index < -0.39 is 0 Å². The second-order valence-corrected chi connectivity index (χ2v) is 4.53. The third-order valence-corrected chi connectivity index (χ3v) is 3.24. The highest BCUT2D eigenvalue weighted by Crippen LogP contribution is 2.05. The normalized spacial score (nSPS) is 12.6. The Morgan fingerprint density at radius 3 is 2.72 bits per heavy atom. The summed E-state index contributed by atoms with van der Waals surface area (Å²) in [5.41, 5.74) is 1.29. The predicted molar refractivity (Wildman–Crippen MR) is 72.5 cm³/mol. The molecule has 0 amide bonds. The molecular weight excluding hydrogens is 248 g/mol. The van der Waals surface area contributed by atoms with E-state index in [2.05, 4.69) is 27.5 Å². The standard InChI is InChI=1S/C13H17ClN4/c1-18-13(16-10-17-18)9-15-12(8-14)7-11-5-3-2-4-6-11/h2-6,10,12,15H,7-9H2,1H3. The van der Waals surface area contributed by atoms with Crippen molar-refractivity contribution in [2.75, 3.05) is 5.88 Å². The van der Waals surface area contributed by atoms with Gasteiger partial charge in [0, 0.05) is 19.0 Å². The van der Waals surface area contributed by atoms with Gasteiger partial charge < -0.3 is 5.32 Å². The number of alkyl halides is 1. The van der Waals surface area contributed by atoms with Gasteiger partial charge in [-0.3, -0.25) is 4.68 Å². The number of nitrogens with zero attached hydrogens (tertiary/aromatic N) is 3. The van der Waals surface area contributed by atoms with E-state index in [9.17, 15) is 0 Å². The Morgan fingerprint density at radius 2 is 2.11 bits per heavy atom. The maximum Gasteiger partial charge on any atom is 0.140 e. The number of rotatable bonds is 6. The molecule has 18 heavy (non-hydrogen) atoms. The fourth-order valence-corrected chi connectivity index (χ4v) is 2.01. The van der Waals surface area contributed by atoms with Gasteiger partial charge in [0.1, 0.15) is 12.2 Å². The molecule has 0 saturated heterocycles. The molecule has 1 atom stereocenters. The van der Waals surface area contributed by atoms with Gasteiger partial charge >= 0.3 is 0 Å². The maximum absolute atomic E-state index is 5.99. The molecule has 0 aliphatic rings. The van der Waals surface area contributed by atoms with Crippen LogP contribution in [-0.4, -0.2) is 26.7 Å². The van der Waals surface area contributed by atoms with Crippen LogP contribution in [0.15, 0.2) is 36.7 Å². The third kappa shape index (κ3) is 3.55. The third-order valence-electron chi connectivity index (χ3n) is 2.87. The Hall–Kier alpha value is -1.39. The number of benzene rings is 1. The first-order valence-corrected chi connectivity index (χ1v) is 6.49. The van der Waals surface area contributed by atoms with Crippen LogP contribution < -0.4 is 5.32 Å². The quantitative estimate of drug-likeness (QED) is 0.809. The first kappa shape index (κ1) is 13.1. The van der Waals surface area contributed by atoms with Gasteiger partial charge in [-0.15, -0.1) is 11.6 Å². The summed E-state index contributed by atoms with van der Waals surface area (Å²) in [5, 5.41) is 7.44. The summed E-state index contributed by atoms with van der Waals surface area (Å²) >= 11 is 5.99. The minimum atomic E-state index is 0.241. The zero-order valence-corrected chi connectivity index (χ0v) is 11.1. The van der Waals surface area contributed by atoms with Crippen molar-refractivity contribution in [2.24, 2.45) is 7.05 Å². The van der Waals surface area contributed by atoms with Crippen LogP contribution in [-0.2, 0) is 20.0 Å². The summed E-state index contributed by atoms with van der Waals surface area (Å²) < 4.78 is 1.76. The van der Waals surface area contributed by atoms with E-state index in [1.165, 1.54) is 5.56 Å². The second kappa shape index (κ2) is 6.52. The number of hydrogen-bond acceptors (Lipinski definition) is 3. The van der Waals surface area contributed by atoms with Crippen LogP contribution in [0.2, 0.25) is 0 Å². The van der Waals surface area contributed by atoms with Crippen molar-refractivity contribution in [3.8, 4) is 0 Å². The van der Waals surface area contributed by atoms with Gasteiger partial charge in [0.05, 0.1) is 6.54 Å². The van der Waals surface area contributed by atoms with Crippen molar-refractivity contribution in [1.29, 1.82) is 0 Å². The number of nitrogens with one attached hydrogen (secondary N) is 1. The number of hydrogen-bond donors (Lipinski definition) is 1. The Morgan fingerprint density at radius 1 is 1.33 bits per heavy atom. The Balaban J connectivity index is 1.88. The minimum absolute atomic E-state index is 0.241. The molecular formula is C13H17ClN4. The van der Waals surface area contributed by atoms with Crippen molar-refractivity contribution < 1.29 is 0 Å². The van der Waals surface area contributed by atoms with Crippen molar-refractivity contribution in [3.63, 3.8) is 0 Å². The number of halogens is 1. The van der Waals surface area contributed by atoms with Gasteiger partial charge in [0.25, 0.3) is 0 Å². The molecule has 5 heteroatoms. The van der Waals surface area contributed by atoms with Gasteiger partial charge in [0.2, 0.25) is 0 Å². The van der Waals surface area contributed by atoms with Crippen LogP contribution >= 0.6 is 11.6 Å². The van der Waals surface area contributed by atoms with Gasteiger partial charge in [-0.1, -0.05) is 30.3 Å². The lowest BCUT2D eigenvalue weighted by molar-refractivity contribution is 0.523. The van der Waals surface area contributed by atoms with Gasteiger partial charge in [-0.25, -0.2) is 4.98 Å². The van der Waals surface area contributed by atoms with Crippen LogP contribution in [0.1, 0.15) is 11.4 Å². The SMILES string of the molecule is Cn1ncnc1CNC(CCl)Cc1ccccc1. The molecule has 1 N–H and O–H groups in total. The van der Waals surface area contributed by atoms with E-state index in [-0.39, 0.29) is 6.04 Å². The molecule has 0 fully saturated rings. The van der Waals surface area contributed by atoms with Crippen molar-refractivity contribution in [2.45, 2.75) is 19.0 Å². The molecule has 0 bridgehead atoms. The molecule has 1 heterocycles. The highest BCUT2D eigenvalue weighted by atomic mass is 35.5. The molecule has 0 aliphatic carbocycles. The lowest BCUT2D eigenvalue weighted by Gasteiger charge is -2.15. The summed E-state index contributed by atoms with van der Waals surface area (Å²) in [6, 6.07) is 10.6. The molecule has 4 nitrogen and oxygen atoms in total. The van der Waals surface area contributed by atoms with Crippen LogP contribution in [0.4, 0.5) is 0 Å². The van der Waals surface area contributed by atoms with Crippen LogP contribution in [0.3, 0.4) is 0 Å². The van der Waals surface area contributed by atoms with E-state index in [1.54, 1.807) is 11.0 Å². The highest BCUT2D eigenvalue weighted by Gasteiger charge is 2.09. The molecule has 0 spiro atoms. The van der Waals surface area contributed by atoms with E-state index in [0.29, 0.717) is 12.4 Å². The lowest BCUT2D eigenvalue weighted by Crippen LogP contribution is -2.33. The van der Waals surface area contributed by atoms with Gasteiger partial charge in [-0.2, -0.15) is 5.10 Å². The number of aromatic nitrogens is 3. The molecule has 0 radical (unpaired) electrons. The highest BCUT2D eigenvalue weighted by molar-refractivity contribution is 6.18. The van der Waals surface area contributed by atoms with E-state index in [1.807, 2.05) is 25.2 Å². The Bertz CT molecular complexity index is 469. The summed E-state index contributed by atoms with van der Waals surface area (Å²) in [7, 11) is 1.89. The fourth-order valence-electron chi connectivity index (χ4n) is 1.80. The summed E-state index contributed by atoms with van der Waals surface area (Å²) in [6.45, 7) is 0.681. The molecule has 1 aromatic heterocycles. The fraction of sp³-hybridized carbons (Fsp3) is 0.385. The average molecular weight is 265 g/mol. The largest absolute Gasteiger partial charge is 0.306 e. The smallest absolute Gasteiger partial charge is 0.140 e. The Labute approximate surface area is 112 Å². The molecule has 1 unspecified atom stereocenters. The lowest BCUT2D eigenvalue weighted by atomic mass is 10.1. The molecule has 0 aliphatic heterocycles. The molecule has 0 saturated carbocycles. The number of aryl methyl sites for hydroxylation is 1. The first-order chi connectivity index (χ1) is 8.79. The maximum atomic E-state index is 5.99. The van der Waals surface area contributed by atoms with Crippen LogP contribution in [0.5, 0.6) is 0 Å². The summed E-state index contributed by atoms with van der Waals surface area (Å²) in [6.07, 6.45) is 2.48. The summed E-state index contributed by atoms with van der Waals surface area (Å²) in [4.78, 5) is 4.18. The second-order valence-electron chi connectivity index (χ2n) is 4.22. The summed E-state index contributed by atoms with van der Waals surface area (Å²) in [5.74, 6) is 1.49. The van der Waals surface area contributed by atoms with E-state index in [0.717, 1.165) is 12.2 Å². The van der Waals surface area contributed by atoms with Crippen molar-refractivity contribution in [1.82, 2.24) is 20.1 Å². The van der Waals surface area contributed by atoms with Gasteiger partial charge in [-0.05, 0) is 12.0 Å². The van der Waals surface area contributed by atoms with E-state index >= 15 is 0 Å². The molecule has 1 aromatic carbocycles. The van der Waals surface area contributed by atoms with Crippen molar-refractivity contribution >= 4 is 11.6 Å².